The summed E-state index contributed by atoms with van der Waals surface area (Å²) in [6.45, 7) is 4.22. The number of carbonyl (C=O) groups is 2. The van der Waals surface area contributed by atoms with Crippen molar-refractivity contribution in [1.29, 1.82) is 0 Å². The van der Waals surface area contributed by atoms with Gasteiger partial charge >= 0.3 is 11.9 Å². The Labute approximate surface area is 94.2 Å². The van der Waals surface area contributed by atoms with E-state index in [2.05, 4.69) is 0 Å². The average molecular weight is 222 g/mol. The van der Waals surface area contributed by atoms with Gasteiger partial charge in [-0.3, -0.25) is 4.79 Å². The predicted molar refractivity (Wildman–Crippen MR) is 57.9 cm³/mol. The predicted octanol–water partition coefficient (Wildman–Crippen LogP) is 1.93. The van der Waals surface area contributed by atoms with Crippen LogP contribution in [0.15, 0.2) is 30.3 Å². The van der Waals surface area contributed by atoms with Crippen molar-refractivity contribution in [3.05, 3.63) is 30.3 Å². The fourth-order valence-electron chi connectivity index (χ4n) is 1.12. The van der Waals surface area contributed by atoms with Gasteiger partial charge in [-0.15, -0.1) is 0 Å². The Hall–Kier alpha value is -1.84. The third-order valence-corrected chi connectivity index (χ3v) is 1.84. The molecular formula is C12H14O4. The van der Waals surface area contributed by atoms with Gasteiger partial charge in [-0.05, 0) is 26.0 Å². The van der Waals surface area contributed by atoms with Gasteiger partial charge in [0.15, 0.2) is 0 Å². The lowest BCUT2D eigenvalue weighted by Crippen LogP contribution is -2.39. The van der Waals surface area contributed by atoms with E-state index in [-0.39, 0.29) is 0 Å². The first-order valence-electron chi connectivity index (χ1n) is 4.89. The van der Waals surface area contributed by atoms with Crippen LogP contribution in [0.4, 0.5) is 0 Å². The molecule has 0 saturated heterocycles. The number of hydrogen-bond acceptors (Lipinski definition) is 4. The number of hydrogen-bond donors (Lipinski definition) is 0. The molecule has 0 spiro atoms. The Morgan fingerprint density at radius 1 is 1.12 bits per heavy atom. The highest BCUT2D eigenvalue weighted by molar-refractivity contribution is 5.83. The van der Waals surface area contributed by atoms with Gasteiger partial charge in [0.1, 0.15) is 5.75 Å². The highest BCUT2D eigenvalue weighted by atomic mass is 16.6. The van der Waals surface area contributed by atoms with Gasteiger partial charge in [0, 0.05) is 6.92 Å². The summed E-state index contributed by atoms with van der Waals surface area (Å²) in [5.41, 5.74) is -1.28. The largest absolute Gasteiger partial charge is 0.448 e. The lowest BCUT2D eigenvalue weighted by Gasteiger charge is -2.21. The lowest BCUT2D eigenvalue weighted by atomic mass is 10.1. The fourth-order valence-corrected chi connectivity index (χ4v) is 1.12. The van der Waals surface area contributed by atoms with Crippen LogP contribution in [0.5, 0.6) is 5.75 Å². The minimum Gasteiger partial charge on any atom is -0.448 e. The van der Waals surface area contributed by atoms with Crippen molar-refractivity contribution in [3.8, 4) is 5.75 Å². The Kier molecular flexibility index (Phi) is 3.66. The summed E-state index contributed by atoms with van der Waals surface area (Å²) in [5.74, 6) is -0.698. The Balaban J connectivity index is 2.68. The van der Waals surface area contributed by atoms with E-state index in [9.17, 15) is 9.59 Å². The molecule has 86 valence electrons. The standard InChI is InChI=1S/C12H14O4/c1-9(13)16-12(2,3)11(14)15-10-7-5-4-6-8-10/h4-8H,1-3H3. The van der Waals surface area contributed by atoms with Gasteiger partial charge < -0.3 is 9.47 Å². The summed E-state index contributed by atoms with van der Waals surface area (Å²) < 4.78 is 9.92. The molecule has 16 heavy (non-hydrogen) atoms. The van der Waals surface area contributed by atoms with E-state index in [1.807, 2.05) is 6.07 Å². The van der Waals surface area contributed by atoms with Crippen molar-refractivity contribution >= 4 is 11.9 Å². The maximum atomic E-state index is 11.7. The quantitative estimate of drug-likeness (QED) is 0.579. The molecule has 0 aliphatic carbocycles. The number of benzene rings is 1. The SMILES string of the molecule is CC(=O)OC(C)(C)C(=O)Oc1ccccc1. The molecule has 0 amide bonds. The van der Waals surface area contributed by atoms with Crippen LogP contribution in [0.25, 0.3) is 0 Å². The lowest BCUT2D eigenvalue weighted by molar-refractivity contribution is -0.170. The van der Waals surface area contributed by atoms with Gasteiger partial charge in [0.05, 0.1) is 0 Å². The summed E-state index contributed by atoms with van der Waals surface area (Å²) in [4.78, 5) is 22.5. The molecule has 0 unspecified atom stereocenters. The summed E-state index contributed by atoms with van der Waals surface area (Å²) in [7, 11) is 0. The zero-order valence-electron chi connectivity index (χ0n) is 9.52. The smallest absolute Gasteiger partial charge is 0.355 e. The van der Waals surface area contributed by atoms with Crippen LogP contribution in [-0.4, -0.2) is 17.5 Å². The molecular weight excluding hydrogens is 208 g/mol. The van der Waals surface area contributed by atoms with Gasteiger partial charge in [-0.25, -0.2) is 4.79 Å². The second kappa shape index (κ2) is 4.79. The van der Waals surface area contributed by atoms with E-state index in [0.717, 1.165) is 0 Å². The van der Waals surface area contributed by atoms with Gasteiger partial charge in [-0.1, -0.05) is 18.2 Å². The van der Waals surface area contributed by atoms with E-state index in [0.29, 0.717) is 5.75 Å². The highest BCUT2D eigenvalue weighted by Crippen LogP contribution is 2.16. The minimum atomic E-state index is -1.28. The van der Waals surface area contributed by atoms with E-state index in [4.69, 9.17) is 9.47 Å². The van der Waals surface area contributed by atoms with Crippen LogP contribution in [0.1, 0.15) is 20.8 Å². The Morgan fingerprint density at radius 2 is 1.69 bits per heavy atom. The van der Waals surface area contributed by atoms with Crippen molar-refractivity contribution in [2.45, 2.75) is 26.4 Å². The summed E-state index contributed by atoms with van der Waals surface area (Å²) >= 11 is 0. The summed E-state index contributed by atoms with van der Waals surface area (Å²) in [5, 5.41) is 0. The highest BCUT2D eigenvalue weighted by Gasteiger charge is 2.33. The zero-order chi connectivity index (χ0) is 12.2. The molecule has 1 aromatic carbocycles. The molecule has 0 saturated carbocycles. The topological polar surface area (TPSA) is 52.6 Å². The van der Waals surface area contributed by atoms with Crippen LogP contribution in [0.3, 0.4) is 0 Å². The molecule has 0 fully saturated rings. The van der Waals surface area contributed by atoms with Gasteiger partial charge in [0.25, 0.3) is 0 Å². The molecule has 0 bridgehead atoms. The molecule has 0 heterocycles. The van der Waals surface area contributed by atoms with Crippen LogP contribution in [0.2, 0.25) is 0 Å². The van der Waals surface area contributed by atoms with E-state index in [1.54, 1.807) is 24.3 Å². The molecule has 0 aliphatic rings. The monoisotopic (exact) mass is 222 g/mol. The van der Waals surface area contributed by atoms with E-state index in [1.165, 1.54) is 20.8 Å². The molecule has 0 N–H and O–H groups in total. The molecule has 0 atom stereocenters. The molecule has 0 aliphatic heterocycles. The minimum absolute atomic E-state index is 0.424. The number of esters is 2. The first kappa shape index (κ1) is 12.2. The van der Waals surface area contributed by atoms with Gasteiger partial charge in [-0.2, -0.15) is 0 Å². The Bertz CT molecular complexity index is 381. The van der Waals surface area contributed by atoms with Crippen LogP contribution >= 0.6 is 0 Å². The number of rotatable bonds is 3. The zero-order valence-corrected chi connectivity index (χ0v) is 9.52. The third kappa shape index (κ3) is 3.38. The summed E-state index contributed by atoms with van der Waals surface area (Å²) in [6.07, 6.45) is 0. The van der Waals surface area contributed by atoms with Crippen molar-refractivity contribution < 1.29 is 19.1 Å². The van der Waals surface area contributed by atoms with E-state index < -0.39 is 17.5 Å². The van der Waals surface area contributed by atoms with Crippen molar-refractivity contribution in [3.63, 3.8) is 0 Å². The average Bonchev–Trinajstić information content (AvgIpc) is 2.17. The maximum Gasteiger partial charge on any atom is 0.355 e. The molecule has 4 heteroatoms. The fraction of sp³-hybridized carbons (Fsp3) is 0.333. The first-order chi connectivity index (χ1) is 7.42. The molecule has 0 aromatic heterocycles. The summed E-state index contributed by atoms with van der Waals surface area (Å²) in [6, 6.07) is 8.63. The number of para-hydroxylation sites is 1. The van der Waals surface area contributed by atoms with Crippen molar-refractivity contribution in [2.24, 2.45) is 0 Å². The molecule has 4 nitrogen and oxygen atoms in total. The third-order valence-electron chi connectivity index (χ3n) is 1.84. The normalized spacial score (nSPS) is 10.7. The molecule has 0 radical (unpaired) electrons. The second-order valence-electron chi connectivity index (χ2n) is 3.81. The second-order valence-corrected chi connectivity index (χ2v) is 3.81. The van der Waals surface area contributed by atoms with Crippen LogP contribution < -0.4 is 4.74 Å². The molecule has 1 rings (SSSR count). The maximum absolute atomic E-state index is 11.7. The van der Waals surface area contributed by atoms with Crippen LogP contribution in [0, 0.1) is 0 Å². The van der Waals surface area contributed by atoms with Crippen LogP contribution in [-0.2, 0) is 14.3 Å². The number of ether oxygens (including phenoxy) is 2. The van der Waals surface area contributed by atoms with Gasteiger partial charge in [0.2, 0.25) is 5.60 Å². The van der Waals surface area contributed by atoms with Crippen molar-refractivity contribution in [1.82, 2.24) is 0 Å². The first-order valence-corrected chi connectivity index (χ1v) is 4.89. The van der Waals surface area contributed by atoms with Crippen molar-refractivity contribution in [2.75, 3.05) is 0 Å². The number of carbonyl (C=O) groups excluding carboxylic acids is 2. The van der Waals surface area contributed by atoms with E-state index >= 15 is 0 Å². The Morgan fingerprint density at radius 3 is 2.19 bits per heavy atom. The molecule has 1 aromatic rings.